The van der Waals surface area contributed by atoms with Gasteiger partial charge in [0.15, 0.2) is 16.3 Å². The predicted octanol–water partition coefficient (Wildman–Crippen LogP) is 3.23. The second kappa shape index (κ2) is 9.41. The molecule has 0 atom stereocenters. The number of carbonyl (C=O) groups is 1. The van der Waals surface area contributed by atoms with Gasteiger partial charge in [-0.3, -0.25) is 14.2 Å². The van der Waals surface area contributed by atoms with Gasteiger partial charge < -0.3 is 19.8 Å². The first-order valence-corrected chi connectivity index (χ1v) is 9.76. The molecule has 0 bridgehead atoms. The normalized spacial score (nSPS) is 10.6. The average Bonchev–Trinajstić information content (AvgIpc) is 2.76. The van der Waals surface area contributed by atoms with Crippen LogP contribution < -0.4 is 20.3 Å². The summed E-state index contributed by atoms with van der Waals surface area (Å²) in [6.45, 7) is 4.41. The van der Waals surface area contributed by atoms with Crippen molar-refractivity contribution in [2.45, 2.75) is 13.0 Å². The van der Waals surface area contributed by atoms with Crippen LogP contribution in [0.25, 0.3) is 10.9 Å². The standard InChI is InChI=1S/C22H23N3O4S/c1-4-11-25-21(27)16-7-6-15(13-17(16)24-22(25)30)20(26)23-10-9-14-5-8-18(28-2)19(12-14)29-3/h4-8,12-13H,1,9-11H2,2-3H3,(H,23,26)(H,24,30). The zero-order valence-corrected chi connectivity index (χ0v) is 17.7. The number of benzene rings is 2. The summed E-state index contributed by atoms with van der Waals surface area (Å²) < 4.78 is 12.2. The number of aromatic nitrogens is 2. The Labute approximate surface area is 179 Å². The van der Waals surface area contributed by atoms with Gasteiger partial charge in [0.05, 0.1) is 25.1 Å². The van der Waals surface area contributed by atoms with Crippen LogP contribution in [0.4, 0.5) is 0 Å². The Morgan fingerprint density at radius 1 is 1.20 bits per heavy atom. The lowest BCUT2D eigenvalue weighted by atomic mass is 10.1. The topological polar surface area (TPSA) is 85.3 Å². The van der Waals surface area contributed by atoms with E-state index in [0.717, 1.165) is 5.56 Å². The highest BCUT2D eigenvalue weighted by molar-refractivity contribution is 7.71. The van der Waals surface area contributed by atoms with Crippen molar-refractivity contribution in [3.63, 3.8) is 0 Å². The molecule has 0 unspecified atom stereocenters. The van der Waals surface area contributed by atoms with Crippen molar-refractivity contribution >= 4 is 29.0 Å². The third-order valence-electron chi connectivity index (χ3n) is 4.70. The number of hydrogen-bond acceptors (Lipinski definition) is 5. The van der Waals surface area contributed by atoms with Crippen LogP contribution in [-0.2, 0) is 13.0 Å². The summed E-state index contributed by atoms with van der Waals surface area (Å²) in [6.07, 6.45) is 2.24. The van der Waals surface area contributed by atoms with Crippen molar-refractivity contribution in [1.82, 2.24) is 14.9 Å². The Bertz CT molecular complexity index is 1210. The molecular formula is C22H23N3O4S. The number of hydrogen-bond donors (Lipinski definition) is 2. The minimum atomic E-state index is -0.230. The van der Waals surface area contributed by atoms with E-state index in [1.165, 1.54) is 4.57 Å². The van der Waals surface area contributed by atoms with Crippen LogP contribution >= 0.6 is 12.2 Å². The van der Waals surface area contributed by atoms with E-state index in [-0.39, 0.29) is 11.5 Å². The van der Waals surface area contributed by atoms with Gasteiger partial charge in [-0.1, -0.05) is 12.1 Å². The number of allylic oxidation sites excluding steroid dienone is 1. The van der Waals surface area contributed by atoms with Gasteiger partial charge in [-0.05, 0) is 54.5 Å². The minimum Gasteiger partial charge on any atom is -0.493 e. The first-order chi connectivity index (χ1) is 14.5. The number of H-pyrrole nitrogens is 1. The van der Waals surface area contributed by atoms with Crippen molar-refractivity contribution in [1.29, 1.82) is 0 Å². The third kappa shape index (κ3) is 4.44. The van der Waals surface area contributed by atoms with Crippen LogP contribution in [0.1, 0.15) is 15.9 Å². The Balaban J connectivity index is 1.73. The Morgan fingerprint density at radius 2 is 1.97 bits per heavy atom. The van der Waals surface area contributed by atoms with Gasteiger partial charge in [-0.2, -0.15) is 0 Å². The molecule has 8 heteroatoms. The van der Waals surface area contributed by atoms with Crippen LogP contribution in [0.15, 0.2) is 53.8 Å². The molecule has 3 rings (SSSR count). The average molecular weight is 426 g/mol. The van der Waals surface area contributed by atoms with Crippen LogP contribution in [-0.4, -0.2) is 36.2 Å². The van der Waals surface area contributed by atoms with Crippen molar-refractivity contribution in [2.75, 3.05) is 20.8 Å². The molecule has 0 fully saturated rings. The van der Waals surface area contributed by atoms with Crippen LogP contribution in [0.3, 0.4) is 0 Å². The Hall–Kier alpha value is -3.39. The number of aromatic amines is 1. The maximum Gasteiger partial charge on any atom is 0.262 e. The van der Waals surface area contributed by atoms with Gasteiger partial charge >= 0.3 is 0 Å². The number of amides is 1. The van der Waals surface area contributed by atoms with Crippen LogP contribution in [0.5, 0.6) is 11.5 Å². The van der Waals surface area contributed by atoms with Crippen LogP contribution in [0.2, 0.25) is 0 Å². The van der Waals surface area contributed by atoms with E-state index in [4.69, 9.17) is 21.7 Å². The zero-order valence-electron chi connectivity index (χ0n) is 16.9. The summed E-state index contributed by atoms with van der Waals surface area (Å²) in [4.78, 5) is 28.1. The third-order valence-corrected chi connectivity index (χ3v) is 5.03. The molecule has 0 spiro atoms. The largest absolute Gasteiger partial charge is 0.493 e. The smallest absolute Gasteiger partial charge is 0.262 e. The van der Waals surface area contributed by atoms with E-state index < -0.39 is 0 Å². The first kappa shape index (κ1) is 21.3. The summed E-state index contributed by atoms with van der Waals surface area (Å²) in [5.74, 6) is 1.08. The molecule has 1 aromatic heterocycles. The highest BCUT2D eigenvalue weighted by Gasteiger charge is 2.10. The molecule has 0 saturated carbocycles. The number of nitrogens with one attached hydrogen (secondary N) is 2. The SMILES string of the molecule is C=CCn1c(=S)[nH]c2cc(C(=O)NCCc3ccc(OC)c(OC)c3)ccc2c1=O. The summed E-state index contributed by atoms with van der Waals surface area (Å²) in [7, 11) is 3.17. The number of nitrogens with zero attached hydrogens (tertiary/aromatic N) is 1. The maximum absolute atomic E-state index is 12.6. The molecular weight excluding hydrogens is 402 g/mol. The monoisotopic (exact) mass is 425 g/mol. The van der Waals surface area contributed by atoms with Crippen molar-refractivity contribution in [2.24, 2.45) is 0 Å². The molecule has 156 valence electrons. The van der Waals surface area contributed by atoms with Crippen molar-refractivity contribution in [3.05, 3.63) is 75.3 Å². The van der Waals surface area contributed by atoms with Gasteiger partial charge in [0.25, 0.3) is 11.5 Å². The highest BCUT2D eigenvalue weighted by atomic mass is 32.1. The molecule has 0 radical (unpaired) electrons. The lowest BCUT2D eigenvalue weighted by molar-refractivity contribution is 0.0954. The number of rotatable bonds is 8. The van der Waals surface area contributed by atoms with Crippen LogP contribution in [0, 0.1) is 4.77 Å². The predicted molar refractivity (Wildman–Crippen MR) is 119 cm³/mol. The molecule has 0 aliphatic carbocycles. The van der Waals surface area contributed by atoms with E-state index in [0.29, 0.717) is 52.2 Å². The van der Waals surface area contributed by atoms with E-state index >= 15 is 0 Å². The Morgan fingerprint density at radius 3 is 2.67 bits per heavy atom. The molecule has 0 aliphatic heterocycles. The zero-order chi connectivity index (χ0) is 21.7. The molecule has 3 aromatic rings. The fourth-order valence-electron chi connectivity index (χ4n) is 3.15. The summed E-state index contributed by atoms with van der Waals surface area (Å²) in [6, 6.07) is 10.5. The van der Waals surface area contributed by atoms with E-state index in [1.807, 2.05) is 18.2 Å². The maximum atomic E-state index is 12.6. The van der Waals surface area contributed by atoms with Gasteiger partial charge in [0.1, 0.15) is 0 Å². The molecule has 2 N–H and O–H groups in total. The number of fused-ring (bicyclic) bond motifs is 1. The summed E-state index contributed by atoms with van der Waals surface area (Å²) >= 11 is 5.24. The summed E-state index contributed by atoms with van der Waals surface area (Å²) in [5, 5.41) is 3.36. The van der Waals surface area contributed by atoms with Crippen molar-refractivity contribution in [3.8, 4) is 11.5 Å². The second-order valence-electron chi connectivity index (χ2n) is 6.59. The highest BCUT2D eigenvalue weighted by Crippen LogP contribution is 2.27. The van der Waals surface area contributed by atoms with Gasteiger partial charge in [0.2, 0.25) is 0 Å². The summed E-state index contributed by atoms with van der Waals surface area (Å²) in [5.41, 5.74) is 1.77. The van der Waals surface area contributed by atoms with E-state index in [9.17, 15) is 9.59 Å². The molecule has 7 nitrogen and oxygen atoms in total. The Kier molecular flexibility index (Phi) is 6.68. The van der Waals surface area contributed by atoms with E-state index in [1.54, 1.807) is 38.5 Å². The molecule has 1 heterocycles. The molecule has 30 heavy (non-hydrogen) atoms. The fourth-order valence-corrected chi connectivity index (χ4v) is 3.42. The lowest BCUT2D eigenvalue weighted by Gasteiger charge is -2.10. The molecule has 1 amide bonds. The molecule has 0 aliphatic rings. The minimum absolute atomic E-state index is 0.214. The molecule has 0 saturated heterocycles. The molecule has 2 aromatic carbocycles. The van der Waals surface area contributed by atoms with Gasteiger partial charge in [0, 0.05) is 18.7 Å². The lowest BCUT2D eigenvalue weighted by Crippen LogP contribution is -2.26. The number of ether oxygens (including phenoxy) is 2. The van der Waals surface area contributed by atoms with Gasteiger partial charge in [-0.25, -0.2) is 0 Å². The first-order valence-electron chi connectivity index (χ1n) is 9.35. The van der Waals surface area contributed by atoms with Gasteiger partial charge in [-0.15, -0.1) is 6.58 Å². The number of carbonyl (C=O) groups excluding carboxylic acids is 1. The number of methoxy groups -OCH3 is 2. The fraction of sp³-hybridized carbons (Fsp3) is 0.227. The second-order valence-corrected chi connectivity index (χ2v) is 6.98. The van der Waals surface area contributed by atoms with Crippen molar-refractivity contribution < 1.29 is 14.3 Å². The van der Waals surface area contributed by atoms with E-state index in [2.05, 4.69) is 16.9 Å². The quantitative estimate of drug-likeness (QED) is 0.428.